The molecule has 6 heteroatoms. The molecule has 0 aliphatic rings. The van der Waals surface area contributed by atoms with Gasteiger partial charge in [-0.2, -0.15) is 0 Å². The van der Waals surface area contributed by atoms with Crippen molar-refractivity contribution in [1.29, 1.82) is 0 Å². The number of hydrogen-bond donors (Lipinski definition) is 2. The minimum absolute atomic E-state index is 0.0774. The monoisotopic (exact) mass is 316 g/mol. The largest absolute Gasteiger partial charge is 0.508 e. The first-order chi connectivity index (χ1) is 10.2. The number of hydrogen-bond acceptors (Lipinski definition) is 5. The standard InChI is InChI=1S/C15H12N2O2S2/c18-11-5-3-10(4-6-11)12-9-21-14(17-12)8-16-15(19)13-2-1-7-20-13/h1-7,9,18H,8H2,(H,16,19). The smallest absolute Gasteiger partial charge is 0.261 e. The molecule has 2 aromatic heterocycles. The summed E-state index contributed by atoms with van der Waals surface area (Å²) >= 11 is 2.92. The molecule has 0 saturated heterocycles. The summed E-state index contributed by atoms with van der Waals surface area (Å²) in [4.78, 5) is 17.0. The van der Waals surface area contributed by atoms with Gasteiger partial charge >= 0.3 is 0 Å². The van der Waals surface area contributed by atoms with Gasteiger partial charge < -0.3 is 10.4 Å². The molecule has 1 aromatic carbocycles. The Kier molecular flexibility index (Phi) is 3.98. The Morgan fingerprint density at radius 2 is 2.00 bits per heavy atom. The fraction of sp³-hybridized carbons (Fsp3) is 0.0667. The lowest BCUT2D eigenvalue weighted by atomic mass is 10.2. The molecule has 2 heterocycles. The normalized spacial score (nSPS) is 10.5. The third-order valence-corrected chi connectivity index (χ3v) is 4.58. The number of aromatic nitrogens is 1. The summed E-state index contributed by atoms with van der Waals surface area (Å²) in [6.07, 6.45) is 0. The molecule has 0 unspecified atom stereocenters. The van der Waals surface area contributed by atoms with Gasteiger partial charge in [0, 0.05) is 10.9 Å². The molecule has 0 atom stereocenters. The molecular weight excluding hydrogens is 304 g/mol. The number of thiazole rings is 1. The van der Waals surface area contributed by atoms with Crippen molar-refractivity contribution in [3.63, 3.8) is 0 Å². The van der Waals surface area contributed by atoms with E-state index in [0.29, 0.717) is 11.4 Å². The second-order valence-electron chi connectivity index (χ2n) is 4.33. The SMILES string of the molecule is O=C(NCc1nc(-c2ccc(O)cc2)cs1)c1cccs1. The Morgan fingerprint density at radius 3 is 2.71 bits per heavy atom. The molecule has 0 spiro atoms. The van der Waals surface area contributed by atoms with Crippen molar-refractivity contribution in [1.82, 2.24) is 10.3 Å². The number of nitrogens with zero attached hydrogens (tertiary/aromatic N) is 1. The highest BCUT2D eigenvalue weighted by atomic mass is 32.1. The van der Waals surface area contributed by atoms with Crippen LogP contribution in [0.3, 0.4) is 0 Å². The highest BCUT2D eigenvalue weighted by Gasteiger charge is 2.08. The van der Waals surface area contributed by atoms with E-state index in [9.17, 15) is 9.90 Å². The van der Waals surface area contributed by atoms with Gasteiger partial charge in [0.25, 0.3) is 5.91 Å². The van der Waals surface area contributed by atoms with Crippen LogP contribution in [0.5, 0.6) is 5.75 Å². The average Bonchev–Trinajstić information content (AvgIpc) is 3.17. The number of benzene rings is 1. The number of nitrogens with one attached hydrogen (secondary N) is 1. The van der Waals surface area contributed by atoms with Crippen molar-refractivity contribution in [2.45, 2.75) is 6.54 Å². The van der Waals surface area contributed by atoms with E-state index in [-0.39, 0.29) is 11.7 Å². The van der Waals surface area contributed by atoms with E-state index in [2.05, 4.69) is 10.3 Å². The summed E-state index contributed by atoms with van der Waals surface area (Å²) in [5.41, 5.74) is 1.79. The minimum Gasteiger partial charge on any atom is -0.508 e. The zero-order valence-electron chi connectivity index (χ0n) is 10.9. The van der Waals surface area contributed by atoms with E-state index in [1.54, 1.807) is 18.2 Å². The Bertz CT molecular complexity index is 733. The fourth-order valence-corrected chi connectivity index (χ4v) is 3.19. The number of phenolic OH excluding ortho intramolecular Hbond substituents is 1. The van der Waals surface area contributed by atoms with E-state index in [1.165, 1.54) is 22.7 Å². The quantitative estimate of drug-likeness (QED) is 0.774. The summed E-state index contributed by atoms with van der Waals surface area (Å²) in [5.74, 6) is 0.156. The summed E-state index contributed by atoms with van der Waals surface area (Å²) in [6, 6.07) is 10.5. The highest BCUT2D eigenvalue weighted by Crippen LogP contribution is 2.23. The van der Waals surface area contributed by atoms with Crippen molar-refractivity contribution in [2.75, 3.05) is 0 Å². The van der Waals surface area contributed by atoms with Crippen LogP contribution in [0.2, 0.25) is 0 Å². The average molecular weight is 316 g/mol. The first kappa shape index (κ1) is 13.8. The topological polar surface area (TPSA) is 62.2 Å². The van der Waals surface area contributed by atoms with Crippen LogP contribution >= 0.6 is 22.7 Å². The lowest BCUT2D eigenvalue weighted by Crippen LogP contribution is -2.21. The zero-order valence-corrected chi connectivity index (χ0v) is 12.6. The van der Waals surface area contributed by atoms with Crippen molar-refractivity contribution in [2.24, 2.45) is 0 Å². The molecule has 106 valence electrons. The van der Waals surface area contributed by atoms with Gasteiger partial charge in [0.05, 0.1) is 17.1 Å². The van der Waals surface area contributed by atoms with Crippen molar-refractivity contribution in [3.05, 3.63) is 57.0 Å². The number of carbonyl (C=O) groups is 1. The highest BCUT2D eigenvalue weighted by molar-refractivity contribution is 7.12. The Labute approximate surface area is 129 Å². The van der Waals surface area contributed by atoms with Gasteiger partial charge in [-0.25, -0.2) is 4.98 Å². The molecule has 2 N–H and O–H groups in total. The maximum Gasteiger partial charge on any atom is 0.261 e. The molecule has 0 radical (unpaired) electrons. The molecule has 4 nitrogen and oxygen atoms in total. The maximum atomic E-state index is 11.8. The molecule has 0 aliphatic carbocycles. The van der Waals surface area contributed by atoms with Crippen molar-refractivity contribution < 1.29 is 9.90 Å². The van der Waals surface area contributed by atoms with Crippen LogP contribution in [0, 0.1) is 0 Å². The van der Waals surface area contributed by atoms with Gasteiger partial charge in [0.1, 0.15) is 10.8 Å². The summed E-state index contributed by atoms with van der Waals surface area (Å²) < 4.78 is 0. The summed E-state index contributed by atoms with van der Waals surface area (Å²) in [5, 5.41) is 16.8. The Hall–Kier alpha value is -2.18. The third-order valence-electron chi connectivity index (χ3n) is 2.86. The van der Waals surface area contributed by atoms with Crippen LogP contribution in [0.4, 0.5) is 0 Å². The number of thiophene rings is 1. The number of rotatable bonds is 4. The minimum atomic E-state index is -0.0774. The lowest BCUT2D eigenvalue weighted by Gasteiger charge is -2.00. The third kappa shape index (κ3) is 3.29. The molecule has 21 heavy (non-hydrogen) atoms. The second-order valence-corrected chi connectivity index (χ2v) is 6.22. The van der Waals surface area contributed by atoms with Gasteiger partial charge in [-0.3, -0.25) is 4.79 Å². The molecule has 3 aromatic rings. The van der Waals surface area contributed by atoms with E-state index in [4.69, 9.17) is 0 Å². The van der Waals surface area contributed by atoms with Gasteiger partial charge in [-0.15, -0.1) is 22.7 Å². The maximum absolute atomic E-state index is 11.8. The van der Waals surface area contributed by atoms with Gasteiger partial charge in [-0.05, 0) is 35.7 Å². The zero-order chi connectivity index (χ0) is 14.7. The summed E-state index contributed by atoms with van der Waals surface area (Å²) in [6.45, 7) is 0.416. The van der Waals surface area contributed by atoms with E-state index in [0.717, 1.165) is 16.3 Å². The molecule has 0 saturated carbocycles. The van der Waals surface area contributed by atoms with Crippen LogP contribution in [0.1, 0.15) is 14.7 Å². The predicted molar refractivity (Wildman–Crippen MR) is 84.7 cm³/mol. The van der Waals surface area contributed by atoms with E-state index < -0.39 is 0 Å². The second kappa shape index (κ2) is 6.07. The molecule has 1 amide bonds. The van der Waals surface area contributed by atoms with Crippen LogP contribution in [-0.4, -0.2) is 16.0 Å². The van der Waals surface area contributed by atoms with Gasteiger partial charge in [-0.1, -0.05) is 6.07 Å². The van der Waals surface area contributed by atoms with Crippen molar-refractivity contribution >= 4 is 28.6 Å². The number of phenols is 1. The molecule has 0 bridgehead atoms. The van der Waals surface area contributed by atoms with Crippen LogP contribution in [0.25, 0.3) is 11.3 Å². The van der Waals surface area contributed by atoms with Gasteiger partial charge in [0.15, 0.2) is 0 Å². The molecule has 0 fully saturated rings. The van der Waals surface area contributed by atoms with Crippen LogP contribution < -0.4 is 5.32 Å². The lowest BCUT2D eigenvalue weighted by molar-refractivity contribution is 0.0955. The number of amides is 1. The fourth-order valence-electron chi connectivity index (χ4n) is 1.81. The first-order valence-electron chi connectivity index (χ1n) is 6.28. The molecular formula is C15H12N2O2S2. The van der Waals surface area contributed by atoms with Crippen LogP contribution in [-0.2, 0) is 6.54 Å². The predicted octanol–water partition coefficient (Wildman–Crippen LogP) is 3.51. The summed E-state index contributed by atoms with van der Waals surface area (Å²) in [7, 11) is 0. The molecule has 3 rings (SSSR count). The van der Waals surface area contributed by atoms with E-state index >= 15 is 0 Å². The Morgan fingerprint density at radius 1 is 1.19 bits per heavy atom. The number of carbonyl (C=O) groups excluding carboxylic acids is 1. The van der Waals surface area contributed by atoms with E-state index in [1.807, 2.05) is 29.0 Å². The van der Waals surface area contributed by atoms with Gasteiger partial charge in [0.2, 0.25) is 0 Å². The first-order valence-corrected chi connectivity index (χ1v) is 8.04. The Balaban J connectivity index is 1.65. The van der Waals surface area contributed by atoms with Crippen molar-refractivity contribution in [3.8, 4) is 17.0 Å². The number of aromatic hydroxyl groups is 1. The van der Waals surface area contributed by atoms with Crippen LogP contribution in [0.15, 0.2) is 47.2 Å². The molecule has 0 aliphatic heterocycles.